The van der Waals surface area contributed by atoms with Crippen molar-refractivity contribution < 1.29 is 0 Å². The van der Waals surface area contributed by atoms with Gasteiger partial charge in [-0.15, -0.1) is 0 Å². The maximum absolute atomic E-state index is 5.39. The Labute approximate surface area is 116 Å². The molecule has 0 spiro atoms. The van der Waals surface area contributed by atoms with E-state index in [-0.39, 0.29) is 5.41 Å². The summed E-state index contributed by atoms with van der Waals surface area (Å²) >= 11 is 10.8. The van der Waals surface area contributed by atoms with Crippen LogP contribution < -0.4 is 4.90 Å². The lowest BCUT2D eigenvalue weighted by molar-refractivity contribution is 0.579. The second kappa shape index (κ2) is 5.57. The zero-order chi connectivity index (χ0) is 13.2. The molecule has 0 fully saturated rings. The van der Waals surface area contributed by atoms with Crippen molar-refractivity contribution in [1.29, 1.82) is 0 Å². The van der Waals surface area contributed by atoms with E-state index >= 15 is 0 Å². The summed E-state index contributed by atoms with van der Waals surface area (Å²) in [6.07, 6.45) is 3.75. The van der Waals surface area contributed by atoms with Crippen LogP contribution in [0.4, 0.5) is 5.69 Å². The van der Waals surface area contributed by atoms with E-state index in [1.807, 2.05) is 0 Å². The molecule has 0 aliphatic heterocycles. The van der Waals surface area contributed by atoms with Crippen LogP contribution in [-0.4, -0.2) is 13.6 Å². The Morgan fingerprint density at radius 3 is 2.12 bits per heavy atom. The van der Waals surface area contributed by atoms with Crippen molar-refractivity contribution in [2.45, 2.75) is 52.4 Å². The lowest BCUT2D eigenvalue weighted by Crippen LogP contribution is -2.27. The Morgan fingerprint density at radius 2 is 1.65 bits per heavy atom. The molecule has 0 N–H and O–H groups in total. The van der Waals surface area contributed by atoms with Crippen LogP contribution in [0.15, 0.2) is 0 Å². The van der Waals surface area contributed by atoms with E-state index < -0.39 is 0 Å². The Bertz CT molecular complexity index is 447. The van der Waals surface area contributed by atoms with Gasteiger partial charge < -0.3 is 4.90 Å². The van der Waals surface area contributed by atoms with Crippen molar-refractivity contribution in [1.82, 2.24) is 0 Å². The van der Waals surface area contributed by atoms with Gasteiger partial charge in [0.15, 0.2) is 0 Å². The Kier molecular flexibility index (Phi) is 4.85. The van der Waals surface area contributed by atoms with Crippen molar-refractivity contribution >= 4 is 30.1 Å². The number of rotatable bonds is 5. The number of hydrogen-bond acceptors (Lipinski definition) is 3. The second-order valence-electron chi connectivity index (χ2n) is 5.76. The summed E-state index contributed by atoms with van der Waals surface area (Å²) in [5.74, 6) is 0. The van der Waals surface area contributed by atoms with E-state index in [2.05, 4.69) is 39.6 Å². The molecule has 1 aromatic carbocycles. The zero-order valence-corrected chi connectivity index (χ0v) is 13.2. The Balaban J connectivity index is 2.88. The third kappa shape index (κ3) is 3.14. The molecule has 0 amide bonds. The van der Waals surface area contributed by atoms with Gasteiger partial charge in [0.25, 0.3) is 0 Å². The smallest absolute Gasteiger partial charge is 0.0798 e. The molecule has 17 heavy (non-hydrogen) atoms. The molecule has 0 aromatic heterocycles. The lowest BCUT2D eigenvalue weighted by Gasteiger charge is -2.32. The van der Waals surface area contributed by atoms with E-state index in [0.29, 0.717) is 0 Å². The summed E-state index contributed by atoms with van der Waals surface area (Å²) in [7, 11) is 2.13. The molecular formula is C14H23NS2. The summed E-state index contributed by atoms with van der Waals surface area (Å²) in [6, 6.07) is 0. The van der Waals surface area contributed by atoms with Crippen molar-refractivity contribution in [3.63, 3.8) is 0 Å². The molecular weight excluding hydrogens is 246 g/mol. The molecule has 0 aliphatic carbocycles. The maximum Gasteiger partial charge on any atom is 0.0798 e. The summed E-state index contributed by atoms with van der Waals surface area (Å²) < 4.78 is 1.80. The van der Waals surface area contributed by atoms with Crippen LogP contribution in [0.5, 0.6) is 0 Å². The van der Waals surface area contributed by atoms with Crippen LogP contribution in [-0.2, 0) is 5.41 Å². The van der Waals surface area contributed by atoms with Crippen molar-refractivity contribution in [2.75, 3.05) is 18.5 Å². The molecule has 1 nitrogen and oxygen atoms in total. The van der Waals surface area contributed by atoms with Gasteiger partial charge in [-0.1, -0.05) is 65.0 Å². The number of anilines is 1. The van der Waals surface area contributed by atoms with Gasteiger partial charge in [-0.2, -0.15) is 0 Å². The summed E-state index contributed by atoms with van der Waals surface area (Å²) in [5.41, 5.74) is 2.60. The van der Waals surface area contributed by atoms with Gasteiger partial charge >= 0.3 is 0 Å². The summed E-state index contributed by atoms with van der Waals surface area (Å²) in [5, 5.41) is 0. The lowest BCUT2D eigenvalue weighted by atomic mass is 9.83. The van der Waals surface area contributed by atoms with Crippen molar-refractivity contribution in [3.8, 4) is 0 Å². The van der Waals surface area contributed by atoms with Crippen LogP contribution in [0.3, 0.4) is 0 Å². The molecule has 96 valence electrons. The molecule has 0 atom stereocenters. The minimum Gasteiger partial charge on any atom is -0.373 e. The van der Waals surface area contributed by atoms with Gasteiger partial charge in [0, 0.05) is 19.2 Å². The monoisotopic (exact) mass is 269 g/mol. The molecule has 0 heterocycles. The predicted octanol–water partition coefficient (Wildman–Crippen LogP) is 4.95. The molecule has 1 rings (SSSR count). The Hall–Kier alpha value is -0.280. The molecule has 0 aliphatic rings. The number of nitrogens with zero attached hydrogens (tertiary/aromatic N) is 1. The van der Waals surface area contributed by atoms with Crippen molar-refractivity contribution in [3.05, 3.63) is 14.6 Å². The standard InChI is InChI=1S/C14H23NS2/c1-6-7-8-9-15(5)11-10(14(2,3)4)12(16)13(11)17/h6-9H2,1-5H3. The van der Waals surface area contributed by atoms with Crippen LogP contribution in [0.25, 0.3) is 0 Å². The molecule has 0 saturated carbocycles. The summed E-state index contributed by atoms with van der Waals surface area (Å²) in [6.45, 7) is 9.91. The largest absolute Gasteiger partial charge is 0.373 e. The van der Waals surface area contributed by atoms with Gasteiger partial charge in [-0.05, 0) is 11.8 Å². The highest BCUT2D eigenvalue weighted by molar-refractivity contribution is 7.74. The number of unbranched alkanes of at least 4 members (excludes halogenated alkanes) is 2. The molecule has 0 unspecified atom stereocenters. The van der Waals surface area contributed by atoms with Crippen LogP contribution in [0.2, 0.25) is 0 Å². The first-order valence-electron chi connectivity index (χ1n) is 6.35. The zero-order valence-electron chi connectivity index (χ0n) is 11.6. The highest BCUT2D eigenvalue weighted by Crippen LogP contribution is 2.39. The first kappa shape index (κ1) is 14.8. The highest BCUT2D eigenvalue weighted by atomic mass is 32.1. The third-order valence-corrected chi connectivity index (χ3v) is 4.05. The van der Waals surface area contributed by atoms with Gasteiger partial charge in [-0.25, -0.2) is 0 Å². The third-order valence-electron chi connectivity index (χ3n) is 3.11. The minimum atomic E-state index is 0.105. The van der Waals surface area contributed by atoms with Gasteiger partial charge in [-0.3, -0.25) is 0 Å². The van der Waals surface area contributed by atoms with E-state index in [1.165, 1.54) is 30.5 Å². The van der Waals surface area contributed by atoms with Crippen LogP contribution >= 0.6 is 24.4 Å². The fraction of sp³-hybridized carbons (Fsp3) is 0.714. The predicted molar refractivity (Wildman–Crippen MR) is 82.0 cm³/mol. The second-order valence-corrected chi connectivity index (χ2v) is 6.58. The van der Waals surface area contributed by atoms with Gasteiger partial charge in [0.2, 0.25) is 0 Å². The normalized spacial score (nSPS) is 12.1. The highest BCUT2D eigenvalue weighted by Gasteiger charge is 2.27. The maximum atomic E-state index is 5.39. The first-order chi connectivity index (χ1) is 7.80. The van der Waals surface area contributed by atoms with Crippen LogP contribution in [0.1, 0.15) is 52.5 Å². The minimum absolute atomic E-state index is 0.105. The van der Waals surface area contributed by atoms with E-state index in [9.17, 15) is 0 Å². The van der Waals surface area contributed by atoms with E-state index in [4.69, 9.17) is 24.4 Å². The Morgan fingerprint density at radius 1 is 1.06 bits per heavy atom. The fourth-order valence-electron chi connectivity index (χ4n) is 2.15. The SMILES string of the molecule is CCCCCN(C)c1c(C(C)(C)C)c(=S)c1=S. The molecule has 0 saturated heterocycles. The average Bonchev–Trinajstić information content (AvgIpc) is 2.22. The first-order valence-corrected chi connectivity index (χ1v) is 7.17. The molecule has 1 aromatic rings. The topological polar surface area (TPSA) is 3.24 Å². The van der Waals surface area contributed by atoms with E-state index in [0.717, 1.165) is 15.6 Å². The molecule has 0 radical (unpaired) electrons. The van der Waals surface area contributed by atoms with E-state index in [1.54, 1.807) is 0 Å². The van der Waals surface area contributed by atoms with Crippen LogP contribution in [0, 0.1) is 9.02 Å². The molecule has 3 heteroatoms. The van der Waals surface area contributed by atoms with Gasteiger partial charge in [0.05, 0.1) is 14.7 Å². The number of hydrogen-bond donors (Lipinski definition) is 0. The van der Waals surface area contributed by atoms with Crippen molar-refractivity contribution in [2.24, 2.45) is 0 Å². The fourth-order valence-corrected chi connectivity index (χ4v) is 3.01. The molecule has 0 bridgehead atoms. The van der Waals surface area contributed by atoms with Gasteiger partial charge in [0.1, 0.15) is 0 Å². The summed E-state index contributed by atoms with van der Waals surface area (Å²) in [4.78, 5) is 2.29. The quantitative estimate of drug-likeness (QED) is 0.550. The average molecular weight is 269 g/mol.